The molecular formula is C22H24N2O7S. The number of nitrogens with zero attached hydrogens (tertiary/aromatic N) is 2. The van der Waals surface area contributed by atoms with Gasteiger partial charge in [0.15, 0.2) is 12.4 Å². The van der Waals surface area contributed by atoms with Crippen molar-refractivity contribution >= 4 is 39.2 Å². The molecule has 0 unspecified atom stereocenters. The number of benzene rings is 2. The standard InChI is InChI=1S/C22H24N2O7S/c1-23(22(27)30-2)19-9-5-4-8-17(19)21(26)31-14-20(25)16-10-11-18-15(13-16)7-6-12-24(18)32(3,28)29/h4-5,8-11,13H,6-7,12,14H2,1-3H3. The molecule has 1 aliphatic heterocycles. The summed E-state index contributed by atoms with van der Waals surface area (Å²) in [5.74, 6) is -1.18. The Bertz CT molecular complexity index is 1160. The molecule has 2 aromatic carbocycles. The number of aryl methyl sites for hydroxylation is 1. The van der Waals surface area contributed by atoms with Crippen LogP contribution in [0.2, 0.25) is 0 Å². The van der Waals surface area contributed by atoms with Gasteiger partial charge in [0, 0.05) is 19.2 Å². The van der Waals surface area contributed by atoms with E-state index in [0.29, 0.717) is 30.6 Å². The normalized spacial score (nSPS) is 13.2. The Kier molecular flexibility index (Phi) is 6.83. The molecule has 3 rings (SSSR count). The van der Waals surface area contributed by atoms with Crippen LogP contribution in [0.25, 0.3) is 0 Å². The molecule has 1 aliphatic rings. The number of esters is 1. The van der Waals surface area contributed by atoms with Gasteiger partial charge >= 0.3 is 12.1 Å². The molecule has 2 aromatic rings. The van der Waals surface area contributed by atoms with E-state index in [9.17, 15) is 22.8 Å². The summed E-state index contributed by atoms with van der Waals surface area (Å²) < 4.78 is 35.2. The van der Waals surface area contributed by atoms with E-state index < -0.39 is 34.5 Å². The summed E-state index contributed by atoms with van der Waals surface area (Å²) in [4.78, 5) is 38.2. The van der Waals surface area contributed by atoms with Gasteiger partial charge in [-0.2, -0.15) is 0 Å². The Morgan fingerprint density at radius 2 is 1.84 bits per heavy atom. The summed E-state index contributed by atoms with van der Waals surface area (Å²) >= 11 is 0. The molecule has 1 amide bonds. The Labute approximate surface area is 186 Å². The first kappa shape index (κ1) is 23.3. The van der Waals surface area contributed by atoms with Crippen molar-refractivity contribution in [3.63, 3.8) is 0 Å². The van der Waals surface area contributed by atoms with Crippen molar-refractivity contribution in [1.29, 1.82) is 0 Å². The average molecular weight is 461 g/mol. The van der Waals surface area contributed by atoms with Crippen LogP contribution in [0.3, 0.4) is 0 Å². The van der Waals surface area contributed by atoms with Crippen LogP contribution < -0.4 is 9.21 Å². The van der Waals surface area contributed by atoms with Crippen LogP contribution in [-0.4, -0.2) is 59.8 Å². The lowest BCUT2D eigenvalue weighted by Crippen LogP contribution is -2.34. The first-order chi connectivity index (χ1) is 15.1. The zero-order valence-corrected chi connectivity index (χ0v) is 18.8. The number of methoxy groups -OCH3 is 1. The number of para-hydroxylation sites is 1. The van der Waals surface area contributed by atoms with E-state index in [1.807, 2.05) is 0 Å². The second kappa shape index (κ2) is 9.39. The highest BCUT2D eigenvalue weighted by molar-refractivity contribution is 7.92. The first-order valence-corrected chi connectivity index (χ1v) is 11.7. The molecule has 0 fully saturated rings. The number of carbonyl (C=O) groups is 3. The third kappa shape index (κ3) is 4.91. The maximum atomic E-state index is 12.6. The number of Topliss-reactive ketones (excluding diaryl/α,β-unsaturated/α-hetero) is 1. The van der Waals surface area contributed by atoms with Gasteiger partial charge in [0.05, 0.1) is 30.3 Å². The number of anilines is 2. The molecule has 0 bridgehead atoms. The second-order valence-electron chi connectivity index (χ2n) is 7.33. The lowest BCUT2D eigenvalue weighted by molar-refractivity contribution is 0.0475. The fourth-order valence-corrected chi connectivity index (χ4v) is 4.54. The number of sulfonamides is 1. The lowest BCUT2D eigenvalue weighted by atomic mass is 9.99. The summed E-state index contributed by atoms with van der Waals surface area (Å²) in [7, 11) is -0.719. The smallest absolute Gasteiger partial charge is 0.413 e. The van der Waals surface area contributed by atoms with Crippen LogP contribution in [0, 0.1) is 0 Å². The van der Waals surface area contributed by atoms with Crippen molar-refractivity contribution in [3.05, 3.63) is 59.2 Å². The summed E-state index contributed by atoms with van der Waals surface area (Å²) in [5.41, 5.74) is 2.04. The van der Waals surface area contributed by atoms with Gasteiger partial charge in [-0.15, -0.1) is 0 Å². The molecule has 9 nitrogen and oxygen atoms in total. The lowest BCUT2D eigenvalue weighted by Gasteiger charge is -2.29. The zero-order chi connectivity index (χ0) is 23.5. The molecule has 0 saturated carbocycles. The fourth-order valence-electron chi connectivity index (χ4n) is 3.55. The van der Waals surface area contributed by atoms with E-state index >= 15 is 0 Å². The van der Waals surface area contributed by atoms with Crippen LogP contribution in [0.1, 0.15) is 32.7 Å². The summed E-state index contributed by atoms with van der Waals surface area (Å²) in [6, 6.07) is 11.1. The van der Waals surface area contributed by atoms with Gasteiger partial charge in [-0.1, -0.05) is 12.1 Å². The predicted octanol–water partition coefficient (Wildman–Crippen LogP) is 2.64. The van der Waals surface area contributed by atoms with Gasteiger partial charge in [-0.3, -0.25) is 14.0 Å². The van der Waals surface area contributed by atoms with Crippen molar-refractivity contribution in [2.24, 2.45) is 0 Å². The monoisotopic (exact) mass is 460 g/mol. The first-order valence-electron chi connectivity index (χ1n) is 9.85. The second-order valence-corrected chi connectivity index (χ2v) is 9.23. The average Bonchev–Trinajstić information content (AvgIpc) is 2.79. The number of amides is 1. The van der Waals surface area contributed by atoms with E-state index in [1.165, 1.54) is 30.6 Å². The molecule has 0 saturated heterocycles. The number of hydrogen-bond donors (Lipinski definition) is 0. The largest absolute Gasteiger partial charge is 0.454 e. The van der Waals surface area contributed by atoms with Crippen LogP contribution in [-0.2, 0) is 25.9 Å². The van der Waals surface area contributed by atoms with Gasteiger partial charge in [0.25, 0.3) is 0 Å². The quantitative estimate of drug-likeness (QED) is 0.481. The Morgan fingerprint density at radius 1 is 1.12 bits per heavy atom. The number of hydrogen-bond acceptors (Lipinski definition) is 7. The Hall–Kier alpha value is -3.40. The minimum Gasteiger partial charge on any atom is -0.454 e. The molecule has 0 atom stereocenters. The van der Waals surface area contributed by atoms with Crippen molar-refractivity contribution in [2.75, 3.05) is 42.8 Å². The highest BCUT2D eigenvalue weighted by Gasteiger charge is 2.25. The molecule has 32 heavy (non-hydrogen) atoms. The van der Waals surface area contributed by atoms with Gasteiger partial charge in [-0.25, -0.2) is 18.0 Å². The van der Waals surface area contributed by atoms with Crippen molar-refractivity contribution in [1.82, 2.24) is 0 Å². The maximum Gasteiger partial charge on any atom is 0.413 e. The molecule has 0 radical (unpaired) electrons. The van der Waals surface area contributed by atoms with Gasteiger partial charge in [0.2, 0.25) is 10.0 Å². The number of fused-ring (bicyclic) bond motifs is 1. The van der Waals surface area contributed by atoms with E-state index in [2.05, 4.69) is 4.74 Å². The molecule has 1 heterocycles. The third-order valence-corrected chi connectivity index (χ3v) is 6.33. The van der Waals surface area contributed by atoms with E-state index in [4.69, 9.17) is 4.74 Å². The molecule has 0 spiro atoms. The van der Waals surface area contributed by atoms with Crippen molar-refractivity contribution in [2.45, 2.75) is 12.8 Å². The van der Waals surface area contributed by atoms with E-state index in [-0.39, 0.29) is 11.3 Å². The number of ether oxygens (including phenoxy) is 2. The van der Waals surface area contributed by atoms with Gasteiger partial charge in [-0.05, 0) is 48.7 Å². The van der Waals surface area contributed by atoms with Crippen LogP contribution in [0.4, 0.5) is 16.2 Å². The SMILES string of the molecule is COC(=O)N(C)c1ccccc1C(=O)OCC(=O)c1ccc2c(c1)CCCN2S(C)(=O)=O. The fraction of sp³-hybridized carbons (Fsp3) is 0.318. The van der Waals surface area contributed by atoms with Gasteiger partial charge < -0.3 is 9.47 Å². The molecule has 0 N–H and O–H groups in total. The van der Waals surface area contributed by atoms with E-state index in [1.54, 1.807) is 30.3 Å². The highest BCUT2D eigenvalue weighted by atomic mass is 32.2. The maximum absolute atomic E-state index is 12.6. The molecule has 10 heteroatoms. The number of ketones is 1. The zero-order valence-electron chi connectivity index (χ0n) is 18.0. The van der Waals surface area contributed by atoms with Crippen LogP contribution in [0.15, 0.2) is 42.5 Å². The topological polar surface area (TPSA) is 110 Å². The molecule has 0 aromatic heterocycles. The number of carbonyl (C=O) groups excluding carboxylic acids is 3. The third-order valence-electron chi connectivity index (χ3n) is 5.15. The van der Waals surface area contributed by atoms with Crippen LogP contribution in [0.5, 0.6) is 0 Å². The summed E-state index contributed by atoms with van der Waals surface area (Å²) in [6.07, 6.45) is 1.79. The molecular weight excluding hydrogens is 436 g/mol. The Morgan fingerprint density at radius 3 is 2.53 bits per heavy atom. The summed E-state index contributed by atoms with van der Waals surface area (Å²) in [6.45, 7) is -0.0974. The van der Waals surface area contributed by atoms with Gasteiger partial charge in [0.1, 0.15) is 0 Å². The summed E-state index contributed by atoms with van der Waals surface area (Å²) in [5, 5.41) is 0. The number of rotatable bonds is 6. The minimum atomic E-state index is -3.40. The van der Waals surface area contributed by atoms with E-state index in [0.717, 1.165) is 16.7 Å². The molecule has 0 aliphatic carbocycles. The van der Waals surface area contributed by atoms with Crippen LogP contribution >= 0.6 is 0 Å². The molecule has 170 valence electrons. The predicted molar refractivity (Wildman–Crippen MR) is 119 cm³/mol. The minimum absolute atomic E-state index is 0.113. The Balaban J connectivity index is 1.73. The van der Waals surface area contributed by atoms with Crippen molar-refractivity contribution < 1.29 is 32.3 Å². The van der Waals surface area contributed by atoms with Crippen molar-refractivity contribution in [3.8, 4) is 0 Å². The highest BCUT2D eigenvalue weighted by Crippen LogP contribution is 2.30.